The van der Waals surface area contributed by atoms with E-state index in [1.165, 1.54) is 32.1 Å². The Kier molecular flexibility index (Phi) is 11.2. The van der Waals surface area contributed by atoms with Gasteiger partial charge in [-0.05, 0) is 0 Å². The van der Waals surface area contributed by atoms with Crippen LogP contribution in [0, 0.1) is 0 Å². The number of rotatable bonds is 1. The molecule has 0 aromatic carbocycles. The summed E-state index contributed by atoms with van der Waals surface area (Å²) >= 11 is 3.97. The van der Waals surface area contributed by atoms with E-state index < -0.39 is 0 Å². The minimum atomic E-state index is 1.06. The molecule has 0 heterocycles. The van der Waals surface area contributed by atoms with E-state index >= 15 is 0 Å². The first-order chi connectivity index (χ1) is 4.93. The first kappa shape index (κ1) is 12.1. The van der Waals surface area contributed by atoms with Crippen LogP contribution < -0.4 is 0 Å². The molecule has 1 fully saturated rings. The van der Waals surface area contributed by atoms with Crippen molar-refractivity contribution in [1.82, 2.24) is 0 Å². The average molecular weight is 474 g/mol. The molecule has 0 aliphatic heterocycles. The normalized spacial score (nSPS) is 19.9. The molecule has 0 N–H and O–H groups in total. The van der Waals surface area contributed by atoms with Crippen LogP contribution in [0.5, 0.6) is 0 Å². The summed E-state index contributed by atoms with van der Waals surface area (Å²) in [5, 5.41) is 0. The van der Waals surface area contributed by atoms with E-state index in [-0.39, 0.29) is 0 Å². The van der Waals surface area contributed by atoms with E-state index in [1.54, 1.807) is 25.8 Å². The molecule has 64 valence electrons. The van der Waals surface area contributed by atoms with Gasteiger partial charge in [0.2, 0.25) is 0 Å². The molecule has 0 atom stereocenters. The molecule has 1 aliphatic rings. The van der Waals surface area contributed by atoms with Crippen molar-refractivity contribution in [2.24, 2.45) is 0 Å². The van der Waals surface area contributed by atoms with Crippen LogP contribution in [-0.2, 0) is 20.0 Å². The summed E-state index contributed by atoms with van der Waals surface area (Å²) in [7, 11) is 4.58. The number of halogens is 1. The Bertz CT molecular complexity index is 85.8. The van der Waals surface area contributed by atoms with Gasteiger partial charge in [0.05, 0.1) is 0 Å². The van der Waals surface area contributed by atoms with Crippen LogP contribution in [0.4, 0.5) is 0 Å². The van der Waals surface area contributed by atoms with Crippen molar-refractivity contribution in [3.8, 4) is 0 Å². The van der Waals surface area contributed by atoms with Gasteiger partial charge in [-0.25, -0.2) is 0 Å². The minimum absolute atomic E-state index is 1.06. The molecule has 1 saturated carbocycles. The summed E-state index contributed by atoms with van der Waals surface area (Å²) in [4.78, 5) is 0. The van der Waals surface area contributed by atoms with Gasteiger partial charge >= 0.3 is 94.0 Å². The molecule has 0 radical (unpaired) electrons. The van der Waals surface area contributed by atoms with Crippen LogP contribution in [0.2, 0.25) is 0 Å². The Morgan fingerprint density at radius 3 is 2.00 bits per heavy atom. The van der Waals surface area contributed by atoms with Gasteiger partial charge in [-0.1, -0.05) is 0 Å². The molecule has 0 bridgehead atoms. The third-order valence-corrected chi connectivity index (χ3v) is 5.09. The zero-order valence-corrected chi connectivity index (χ0v) is 11.8. The van der Waals surface area contributed by atoms with E-state index in [2.05, 4.69) is 30.4 Å². The van der Waals surface area contributed by atoms with E-state index in [1.807, 2.05) is 0 Å². The molecule has 4 heteroatoms. The molecule has 0 aromatic heterocycles. The van der Waals surface area contributed by atoms with Crippen molar-refractivity contribution >= 4 is 36.2 Å². The fourth-order valence-electron chi connectivity index (χ4n) is 1.19. The van der Waals surface area contributed by atoms with Crippen molar-refractivity contribution in [2.75, 3.05) is 0 Å². The summed E-state index contributed by atoms with van der Waals surface area (Å²) < 4.78 is 0. The van der Waals surface area contributed by atoms with Crippen LogP contribution in [0.1, 0.15) is 32.1 Å². The van der Waals surface area contributed by atoms with E-state index in [9.17, 15) is 0 Å². The fraction of sp³-hybridized carbons (Fsp3) is 1.00. The first-order valence-corrected chi connectivity index (χ1v) is 10.1. The molecule has 1 rings (SSSR count). The Balaban J connectivity index is 0.000000371. The third kappa shape index (κ3) is 5.73. The van der Waals surface area contributed by atoms with Crippen molar-refractivity contribution < 1.29 is 20.0 Å². The predicted octanol–water partition coefficient (Wildman–Crippen LogP) is 3.04. The maximum atomic E-state index is 4.58. The Labute approximate surface area is 93.0 Å². The second-order valence-corrected chi connectivity index (χ2v) is 5.14. The zero-order valence-electron chi connectivity index (χ0n) is 5.65. The molecule has 0 spiro atoms. The Morgan fingerprint density at radius 2 is 1.70 bits per heavy atom. The van der Waals surface area contributed by atoms with E-state index in [0.717, 1.165) is 5.66 Å². The van der Waals surface area contributed by atoms with Gasteiger partial charge in [-0.15, -0.1) is 0 Å². The quantitative estimate of drug-likeness (QED) is 0.405. The summed E-state index contributed by atoms with van der Waals surface area (Å²) in [6, 6.07) is 0. The summed E-state index contributed by atoms with van der Waals surface area (Å²) in [6.45, 7) is 0. The molecule has 0 unspecified atom stereocenters. The van der Waals surface area contributed by atoms with Crippen LogP contribution in [0.15, 0.2) is 0 Å². The summed E-state index contributed by atoms with van der Waals surface area (Å²) in [5.41, 5.74) is 1.06. The van der Waals surface area contributed by atoms with Gasteiger partial charge in [-0.3, -0.25) is 0 Å². The molecule has 0 nitrogen and oxygen atoms in total. The topological polar surface area (TPSA) is 0 Å². The Hall–Kier alpha value is 2.12. The van der Waals surface area contributed by atoms with Crippen molar-refractivity contribution in [3.05, 3.63) is 0 Å². The second-order valence-electron chi connectivity index (χ2n) is 2.40. The summed E-state index contributed by atoms with van der Waals surface area (Å²) in [6.07, 6.45) is 7.48. The first-order valence-electron chi connectivity index (χ1n) is 3.37. The number of hydrogen-bond donors (Lipinski definition) is 0. The SMILES string of the molecule is [Cl][Au].[Te]=PC1CCCCC1. The number of hydrogen-bond acceptors (Lipinski definition) is 0. The monoisotopic (exact) mass is 476 g/mol. The van der Waals surface area contributed by atoms with Crippen molar-refractivity contribution in [2.45, 2.75) is 37.8 Å². The van der Waals surface area contributed by atoms with Crippen molar-refractivity contribution in [1.29, 1.82) is 0 Å². The van der Waals surface area contributed by atoms with Gasteiger partial charge in [0.1, 0.15) is 0 Å². The van der Waals surface area contributed by atoms with Gasteiger partial charge in [0, 0.05) is 0 Å². The predicted molar refractivity (Wildman–Crippen MR) is 45.4 cm³/mol. The van der Waals surface area contributed by atoms with Crippen LogP contribution >= 0.6 is 15.0 Å². The molecular weight excluding hydrogens is 463 g/mol. The second kappa shape index (κ2) is 9.21. The third-order valence-electron chi connectivity index (χ3n) is 1.72. The van der Waals surface area contributed by atoms with E-state index in [0.29, 0.717) is 0 Å². The molecule has 0 aromatic rings. The molecule has 0 amide bonds. The van der Waals surface area contributed by atoms with Gasteiger partial charge in [-0.2, -0.15) is 0 Å². The van der Waals surface area contributed by atoms with Crippen LogP contribution in [0.25, 0.3) is 0 Å². The molecule has 10 heavy (non-hydrogen) atoms. The maximum absolute atomic E-state index is 4.58. The van der Waals surface area contributed by atoms with Gasteiger partial charge < -0.3 is 0 Å². The molecular formula is C6H11AuClPTe. The van der Waals surface area contributed by atoms with Gasteiger partial charge in [0.15, 0.2) is 0 Å². The Morgan fingerprint density at radius 1 is 1.20 bits per heavy atom. The van der Waals surface area contributed by atoms with Gasteiger partial charge in [0.25, 0.3) is 0 Å². The fourth-order valence-corrected chi connectivity index (χ4v) is 3.57. The van der Waals surface area contributed by atoms with E-state index in [4.69, 9.17) is 0 Å². The average Bonchev–Trinajstić information content (AvgIpc) is 2.10. The van der Waals surface area contributed by atoms with Crippen LogP contribution in [-0.4, -0.2) is 26.9 Å². The van der Waals surface area contributed by atoms with Crippen LogP contribution in [0.3, 0.4) is 0 Å². The summed E-state index contributed by atoms with van der Waals surface area (Å²) in [5.74, 6) is 1.64. The molecule has 1 aliphatic carbocycles. The zero-order chi connectivity index (χ0) is 7.82. The molecule has 0 saturated heterocycles. The standard InChI is InChI=1S/C6H11PTe.Au.ClH/c8-7-6-4-2-1-3-5-6;;/h6H,1-5H2;;1H/q;+1;/p-1. The van der Waals surface area contributed by atoms with Crippen molar-refractivity contribution in [3.63, 3.8) is 0 Å².